The number of nitrogens with one attached hydrogen (secondary N) is 2. The Hall–Kier alpha value is -4.88. The quantitative estimate of drug-likeness (QED) is 0.0817. The van der Waals surface area contributed by atoms with Crippen molar-refractivity contribution in [1.29, 1.82) is 0 Å². The Bertz CT molecular complexity index is 2350. The topological polar surface area (TPSA) is 268 Å². The monoisotopic (exact) mass is 1110 g/mol. The molecule has 2 aliphatic heterocycles. The molecule has 4 rings (SSSR count). The molecular formula is C43H56Br2N4O16S2. The molecule has 0 aromatic heterocycles. The highest BCUT2D eigenvalue weighted by atomic mass is 79.9. The molecular weight excluding hydrogens is 1050 g/mol. The molecule has 2 aromatic carbocycles. The van der Waals surface area contributed by atoms with Gasteiger partial charge in [-0.15, -0.1) is 13.2 Å². The molecule has 2 heterocycles. The minimum atomic E-state index is -4.19. The predicted octanol–water partition coefficient (Wildman–Crippen LogP) is 5.44. The summed E-state index contributed by atoms with van der Waals surface area (Å²) in [4.78, 5) is 76.9. The predicted molar refractivity (Wildman–Crippen MR) is 248 cm³/mol. The van der Waals surface area contributed by atoms with Gasteiger partial charge in [-0.25, -0.2) is 19.2 Å². The molecule has 2 aliphatic rings. The lowest BCUT2D eigenvalue weighted by Gasteiger charge is -2.28. The minimum Gasteiger partial charge on any atom is -0.480 e. The number of methoxy groups -OCH3 is 1. The van der Waals surface area contributed by atoms with Crippen LogP contribution in [0.5, 0.6) is 0 Å². The number of benzene rings is 2. The Morgan fingerprint density at radius 1 is 0.687 bits per heavy atom. The van der Waals surface area contributed by atoms with E-state index in [4.69, 9.17) is 22.6 Å². The first kappa shape index (κ1) is 56.4. The van der Waals surface area contributed by atoms with Crippen LogP contribution >= 0.6 is 31.9 Å². The maximum absolute atomic E-state index is 13.3. The third-order valence-corrected chi connectivity index (χ3v) is 13.2. The molecule has 0 radical (unpaired) electrons. The van der Waals surface area contributed by atoms with Crippen molar-refractivity contribution in [3.05, 3.63) is 82.8 Å². The number of hydrogen-bond acceptors (Lipinski definition) is 15. The third-order valence-electron chi connectivity index (χ3n) is 9.36. The first-order chi connectivity index (χ1) is 31.0. The van der Waals surface area contributed by atoms with Gasteiger partial charge in [-0.3, -0.25) is 18.0 Å². The van der Waals surface area contributed by atoms with Gasteiger partial charge in [-0.2, -0.15) is 16.8 Å². The number of aliphatic carboxylic acids is 1. The fraction of sp³-hybridized carbons (Fsp3) is 0.488. The van der Waals surface area contributed by atoms with Crippen LogP contribution in [-0.4, -0.2) is 135 Å². The standard InChI is InChI=1S/C22H29BrN2O8S.C21H27BrN2O8S/c1-6-7-17(24-21(28)32-22(2,3)4)19(26)25-13-15(12-18(25)20(27)31-5)33-34(29,30)16-10-8-14(23)9-11-16;1-5-6-16(23-20(28)31-21(2,3)4)18(25)24-12-14(11-17(24)19(26)27)32-33(29,30)15-9-7-13(22)8-10-15/h6,8-11,15,17-18H,1,7,12-13H2,2-5H3,(H,24,28);5,7-10,14,16-17H,1,6,11-12H2,2-4H3,(H,23,28)(H,26,27)/t15-,17-,18-;14-,16-,17-/m00/s1. The highest BCUT2D eigenvalue weighted by Crippen LogP contribution is 2.29. The summed E-state index contributed by atoms with van der Waals surface area (Å²) in [6, 6.07) is 6.98. The fourth-order valence-electron chi connectivity index (χ4n) is 6.56. The van der Waals surface area contributed by atoms with E-state index in [1.54, 1.807) is 53.7 Å². The van der Waals surface area contributed by atoms with Crippen LogP contribution in [0.3, 0.4) is 0 Å². The van der Waals surface area contributed by atoms with Crippen molar-refractivity contribution >= 4 is 88.0 Å². The number of alkyl carbamates (subject to hydrolysis) is 2. The second kappa shape index (κ2) is 23.9. The van der Waals surface area contributed by atoms with Crippen molar-refractivity contribution in [2.45, 2.75) is 125 Å². The first-order valence-corrected chi connectivity index (χ1v) is 24.9. The number of halogens is 2. The van der Waals surface area contributed by atoms with Gasteiger partial charge >= 0.3 is 24.1 Å². The zero-order valence-electron chi connectivity index (χ0n) is 37.9. The number of rotatable bonds is 16. The Kier molecular flexibility index (Phi) is 20.1. The van der Waals surface area contributed by atoms with E-state index in [9.17, 15) is 50.7 Å². The highest BCUT2D eigenvalue weighted by molar-refractivity contribution is 9.10. The van der Waals surface area contributed by atoms with Gasteiger partial charge < -0.3 is 39.8 Å². The van der Waals surface area contributed by atoms with Crippen LogP contribution in [0.2, 0.25) is 0 Å². The summed E-state index contributed by atoms with van der Waals surface area (Å²) in [6.45, 7) is 16.7. The van der Waals surface area contributed by atoms with Crippen molar-refractivity contribution in [3.63, 3.8) is 0 Å². The second-order valence-corrected chi connectivity index (χ2v) is 22.0. The maximum Gasteiger partial charge on any atom is 0.408 e. The van der Waals surface area contributed by atoms with Gasteiger partial charge in [0, 0.05) is 34.9 Å². The van der Waals surface area contributed by atoms with Crippen molar-refractivity contribution in [2.75, 3.05) is 20.2 Å². The molecule has 0 bridgehead atoms. The van der Waals surface area contributed by atoms with Gasteiger partial charge in [0.25, 0.3) is 20.2 Å². The number of likely N-dealkylation sites (tertiary alicyclic amines) is 2. The van der Waals surface area contributed by atoms with Crippen LogP contribution < -0.4 is 10.6 Å². The van der Waals surface area contributed by atoms with Crippen LogP contribution in [0.25, 0.3) is 0 Å². The molecule has 67 heavy (non-hydrogen) atoms. The van der Waals surface area contributed by atoms with Crippen molar-refractivity contribution < 1.29 is 73.3 Å². The van der Waals surface area contributed by atoms with Gasteiger partial charge in [0.15, 0.2) is 0 Å². The van der Waals surface area contributed by atoms with E-state index in [-0.39, 0.29) is 48.6 Å². The zero-order chi connectivity index (χ0) is 50.7. The van der Waals surface area contributed by atoms with Crippen LogP contribution in [0.1, 0.15) is 67.2 Å². The average molecular weight is 1110 g/mol. The summed E-state index contributed by atoms with van der Waals surface area (Å²) in [5.74, 6) is -3.37. The number of carbonyl (C=O) groups is 6. The molecule has 370 valence electrons. The van der Waals surface area contributed by atoms with E-state index >= 15 is 0 Å². The third kappa shape index (κ3) is 17.3. The first-order valence-electron chi connectivity index (χ1n) is 20.5. The highest BCUT2D eigenvalue weighted by Gasteiger charge is 2.46. The number of carbonyl (C=O) groups excluding carboxylic acids is 5. The van der Waals surface area contributed by atoms with Gasteiger partial charge in [-0.1, -0.05) is 44.0 Å². The number of nitrogens with zero attached hydrogens (tertiary/aromatic N) is 2. The van der Waals surface area contributed by atoms with Crippen molar-refractivity contribution in [3.8, 4) is 0 Å². The minimum absolute atomic E-state index is 0.0175. The molecule has 0 aliphatic carbocycles. The van der Waals surface area contributed by atoms with Gasteiger partial charge in [0.2, 0.25) is 11.8 Å². The molecule has 6 atom stereocenters. The summed E-state index contributed by atoms with van der Waals surface area (Å²) in [6.07, 6.45) is -1.14. The Balaban J connectivity index is 0.000000355. The summed E-state index contributed by atoms with van der Waals surface area (Å²) in [5, 5.41) is 14.5. The van der Waals surface area contributed by atoms with Gasteiger partial charge in [0.1, 0.15) is 35.4 Å². The van der Waals surface area contributed by atoms with Crippen LogP contribution in [0.15, 0.2) is 92.6 Å². The number of esters is 1. The van der Waals surface area contributed by atoms with Crippen LogP contribution in [0.4, 0.5) is 9.59 Å². The lowest BCUT2D eigenvalue weighted by atomic mass is 10.1. The lowest BCUT2D eigenvalue weighted by molar-refractivity contribution is -0.151. The molecule has 0 unspecified atom stereocenters. The number of ether oxygens (including phenoxy) is 3. The number of hydrogen-bond donors (Lipinski definition) is 3. The molecule has 2 saturated heterocycles. The molecule has 0 spiro atoms. The van der Waals surface area contributed by atoms with E-state index in [2.05, 4.69) is 55.7 Å². The molecule has 20 nitrogen and oxygen atoms in total. The Morgan fingerprint density at radius 3 is 1.34 bits per heavy atom. The number of carboxylic acids is 1. The van der Waals surface area contributed by atoms with E-state index in [1.165, 1.54) is 48.6 Å². The second-order valence-electron chi connectivity index (χ2n) is 17.0. The Labute approximate surface area is 407 Å². The fourth-order valence-corrected chi connectivity index (χ4v) is 9.25. The zero-order valence-corrected chi connectivity index (χ0v) is 42.7. The molecule has 4 amide bonds. The normalized spacial score (nSPS) is 19.4. The van der Waals surface area contributed by atoms with Crippen LogP contribution in [0, 0.1) is 0 Å². The number of carboxylic acid groups (broad SMARTS) is 1. The lowest BCUT2D eigenvalue weighted by Crippen LogP contribution is -2.52. The largest absolute Gasteiger partial charge is 0.480 e. The van der Waals surface area contributed by atoms with Crippen molar-refractivity contribution in [1.82, 2.24) is 20.4 Å². The van der Waals surface area contributed by atoms with E-state index in [1.807, 2.05) is 0 Å². The van der Waals surface area contributed by atoms with Crippen molar-refractivity contribution in [2.24, 2.45) is 0 Å². The smallest absolute Gasteiger partial charge is 0.408 e. The summed E-state index contributed by atoms with van der Waals surface area (Å²) in [7, 11) is -7.17. The number of amides is 4. The summed E-state index contributed by atoms with van der Waals surface area (Å²) >= 11 is 6.45. The van der Waals surface area contributed by atoms with Crippen LogP contribution in [-0.2, 0) is 62.0 Å². The molecule has 24 heteroatoms. The molecule has 3 N–H and O–H groups in total. The summed E-state index contributed by atoms with van der Waals surface area (Å²) in [5.41, 5.74) is -1.59. The SMILES string of the molecule is C=CC[C@H](NC(=O)OC(C)(C)C)C(=O)N1C[C@@H](OS(=O)(=O)c2ccc(Br)cc2)C[C@H]1C(=O)O.C=CC[C@H](NC(=O)OC(C)(C)C)C(=O)N1C[C@@H](OS(=O)(=O)c2ccc(Br)cc2)C[C@H]1C(=O)OC. The Morgan fingerprint density at radius 2 is 1.03 bits per heavy atom. The molecule has 2 aromatic rings. The molecule has 0 saturated carbocycles. The molecule has 2 fully saturated rings. The van der Waals surface area contributed by atoms with E-state index in [0.717, 1.165) is 16.9 Å². The van der Waals surface area contributed by atoms with E-state index in [0.29, 0.717) is 8.95 Å². The average Bonchev–Trinajstić information content (AvgIpc) is 3.83. The maximum atomic E-state index is 13.3. The van der Waals surface area contributed by atoms with Gasteiger partial charge in [-0.05, 0) is 103 Å². The van der Waals surface area contributed by atoms with E-state index < -0.39 is 104 Å². The van der Waals surface area contributed by atoms with Gasteiger partial charge in [0.05, 0.1) is 29.1 Å². The summed E-state index contributed by atoms with van der Waals surface area (Å²) < 4.78 is 77.7.